The highest BCUT2D eigenvalue weighted by atomic mass is 15.1. The molecule has 0 aliphatic heterocycles. The minimum absolute atomic E-state index is 0.0338. The van der Waals surface area contributed by atoms with Crippen LogP contribution in [0.1, 0.15) is 80.6 Å². The Balaban J connectivity index is 1.25. The quantitative estimate of drug-likeness (QED) is 0.181. The van der Waals surface area contributed by atoms with E-state index in [2.05, 4.69) is 174 Å². The number of hydrogen-bond acceptors (Lipinski definition) is 2. The van der Waals surface area contributed by atoms with E-state index >= 15 is 0 Å². The van der Waals surface area contributed by atoms with Crippen molar-refractivity contribution in [1.29, 1.82) is 0 Å². The van der Waals surface area contributed by atoms with Crippen molar-refractivity contribution in [3.8, 4) is 39.5 Å². The molecule has 0 radical (unpaired) electrons. The molecule has 3 aromatic heterocycles. The first-order chi connectivity index (χ1) is 25.4. The SMILES string of the molecule is Cc1cccc(-c2ccc3c4ccccc4n(-c4ccc5c(n4)-c4ccccc4C54c5ccc(C(C)(C)C)cc5-c5cc(C(C)(C)C)ccc54)c3c2)n1. The fourth-order valence-corrected chi connectivity index (χ4v) is 9.17. The number of aryl methyl sites for hydroxylation is 1. The molecule has 3 nitrogen and oxygen atoms in total. The van der Waals surface area contributed by atoms with Crippen molar-refractivity contribution >= 4 is 21.8 Å². The lowest BCUT2D eigenvalue weighted by atomic mass is 9.70. The van der Waals surface area contributed by atoms with Gasteiger partial charge in [0.1, 0.15) is 5.82 Å². The van der Waals surface area contributed by atoms with Gasteiger partial charge in [-0.1, -0.05) is 145 Å². The van der Waals surface area contributed by atoms with Gasteiger partial charge in [-0.15, -0.1) is 0 Å². The van der Waals surface area contributed by atoms with Crippen LogP contribution in [0.25, 0.3) is 61.3 Å². The third-order valence-electron chi connectivity index (χ3n) is 11.8. The Morgan fingerprint density at radius 2 is 1.11 bits per heavy atom. The molecule has 0 saturated heterocycles. The summed E-state index contributed by atoms with van der Waals surface area (Å²) in [7, 11) is 0. The van der Waals surface area contributed by atoms with Crippen LogP contribution in [0.15, 0.2) is 133 Å². The van der Waals surface area contributed by atoms with E-state index < -0.39 is 5.41 Å². The van der Waals surface area contributed by atoms with Crippen molar-refractivity contribution in [2.24, 2.45) is 0 Å². The molecule has 53 heavy (non-hydrogen) atoms. The molecule has 2 aliphatic carbocycles. The number of nitrogens with zero attached hydrogens (tertiary/aromatic N) is 3. The summed E-state index contributed by atoms with van der Waals surface area (Å²) in [6, 6.07) is 49.7. The molecule has 10 rings (SSSR count). The van der Waals surface area contributed by atoms with Gasteiger partial charge in [-0.3, -0.25) is 9.55 Å². The molecular weight excluding hydrogens is 643 g/mol. The first kappa shape index (κ1) is 31.9. The number of para-hydroxylation sites is 1. The maximum Gasteiger partial charge on any atom is 0.138 e. The second-order valence-corrected chi connectivity index (χ2v) is 17.1. The van der Waals surface area contributed by atoms with Crippen LogP contribution in [0, 0.1) is 6.92 Å². The molecule has 0 amide bonds. The number of rotatable bonds is 2. The number of pyridine rings is 2. The van der Waals surface area contributed by atoms with Crippen LogP contribution in [0.5, 0.6) is 0 Å². The second-order valence-electron chi connectivity index (χ2n) is 17.1. The summed E-state index contributed by atoms with van der Waals surface area (Å²) in [6.45, 7) is 15.9. The standard InChI is InChI=1S/C50H43N3/c1-30-13-12-17-43(51-30)31-19-22-35-34-14-9-11-18-44(34)53(45(35)27-31)46-26-25-42-47(52-46)36-15-8-10-16-39(36)50(42)40-23-20-32(48(2,3)4)28-37(40)38-29-33(49(5,6)7)21-24-41(38)50/h8-29H,1-7H3. The first-order valence-corrected chi connectivity index (χ1v) is 18.8. The number of aromatic nitrogens is 3. The van der Waals surface area contributed by atoms with Gasteiger partial charge in [0.05, 0.1) is 27.8 Å². The maximum atomic E-state index is 5.68. The minimum Gasteiger partial charge on any atom is -0.294 e. The molecule has 0 saturated carbocycles. The summed E-state index contributed by atoms with van der Waals surface area (Å²) >= 11 is 0. The topological polar surface area (TPSA) is 30.7 Å². The largest absolute Gasteiger partial charge is 0.294 e. The highest BCUT2D eigenvalue weighted by molar-refractivity contribution is 6.10. The Hall–Kier alpha value is -5.80. The van der Waals surface area contributed by atoms with Crippen LogP contribution in [0.3, 0.4) is 0 Å². The predicted octanol–water partition coefficient (Wildman–Crippen LogP) is 12.5. The zero-order valence-corrected chi connectivity index (χ0v) is 31.5. The summed E-state index contributed by atoms with van der Waals surface area (Å²) in [5.74, 6) is 0.917. The van der Waals surface area contributed by atoms with Crippen LogP contribution in [0.2, 0.25) is 0 Å². The fourth-order valence-electron chi connectivity index (χ4n) is 9.17. The number of hydrogen-bond donors (Lipinski definition) is 0. The number of fused-ring (bicyclic) bond motifs is 13. The number of benzene rings is 5. The molecule has 0 N–H and O–H groups in total. The molecule has 258 valence electrons. The molecule has 8 aromatic rings. The summed E-state index contributed by atoms with van der Waals surface area (Å²) in [6.07, 6.45) is 0. The fraction of sp³-hybridized carbons (Fsp3) is 0.200. The van der Waals surface area contributed by atoms with Crippen LogP contribution < -0.4 is 0 Å². The molecule has 3 heteroatoms. The first-order valence-electron chi connectivity index (χ1n) is 18.8. The van der Waals surface area contributed by atoms with Crippen LogP contribution in [-0.4, -0.2) is 14.5 Å². The van der Waals surface area contributed by atoms with Crippen LogP contribution in [-0.2, 0) is 16.2 Å². The van der Waals surface area contributed by atoms with Gasteiger partial charge in [-0.25, -0.2) is 4.98 Å². The van der Waals surface area contributed by atoms with Crippen molar-refractivity contribution in [2.75, 3.05) is 0 Å². The molecule has 1 spiro atoms. The second kappa shape index (κ2) is 10.9. The van der Waals surface area contributed by atoms with Crippen molar-refractivity contribution in [1.82, 2.24) is 14.5 Å². The normalized spacial score (nSPS) is 14.1. The average molecular weight is 686 g/mol. The Morgan fingerprint density at radius 1 is 0.491 bits per heavy atom. The average Bonchev–Trinajstić information content (AvgIpc) is 3.74. The van der Waals surface area contributed by atoms with Gasteiger partial charge < -0.3 is 0 Å². The summed E-state index contributed by atoms with van der Waals surface area (Å²) in [5, 5.41) is 2.42. The third-order valence-corrected chi connectivity index (χ3v) is 11.8. The summed E-state index contributed by atoms with van der Waals surface area (Å²) in [4.78, 5) is 10.5. The van der Waals surface area contributed by atoms with Gasteiger partial charge in [-0.05, 0) is 92.6 Å². The maximum absolute atomic E-state index is 5.68. The molecule has 0 fully saturated rings. The third kappa shape index (κ3) is 4.46. The lowest BCUT2D eigenvalue weighted by molar-refractivity contribution is 0.589. The minimum atomic E-state index is -0.459. The zero-order chi connectivity index (χ0) is 36.4. The Labute approximate surface area is 312 Å². The smallest absolute Gasteiger partial charge is 0.138 e. The summed E-state index contributed by atoms with van der Waals surface area (Å²) < 4.78 is 2.35. The Bertz CT molecular complexity index is 2760. The van der Waals surface area contributed by atoms with E-state index in [1.807, 2.05) is 13.0 Å². The van der Waals surface area contributed by atoms with E-state index in [0.29, 0.717) is 0 Å². The molecular formula is C50H43N3. The van der Waals surface area contributed by atoms with E-state index in [-0.39, 0.29) is 10.8 Å². The van der Waals surface area contributed by atoms with Gasteiger partial charge in [0, 0.05) is 27.6 Å². The molecule has 0 bridgehead atoms. The molecule has 2 aliphatic rings. The van der Waals surface area contributed by atoms with E-state index in [1.54, 1.807) is 0 Å². The van der Waals surface area contributed by atoms with E-state index in [4.69, 9.17) is 9.97 Å². The van der Waals surface area contributed by atoms with Crippen molar-refractivity contribution in [3.05, 3.63) is 173 Å². The van der Waals surface area contributed by atoms with Crippen molar-refractivity contribution < 1.29 is 0 Å². The molecule has 0 atom stereocenters. The van der Waals surface area contributed by atoms with Gasteiger partial charge >= 0.3 is 0 Å². The Morgan fingerprint density at radius 3 is 1.81 bits per heavy atom. The summed E-state index contributed by atoms with van der Waals surface area (Å²) in [5.41, 5.74) is 17.9. The van der Waals surface area contributed by atoms with Crippen LogP contribution >= 0.6 is 0 Å². The zero-order valence-electron chi connectivity index (χ0n) is 31.5. The lowest BCUT2D eigenvalue weighted by Crippen LogP contribution is -2.26. The Kier molecular flexibility index (Phi) is 6.54. The highest BCUT2D eigenvalue weighted by Crippen LogP contribution is 2.63. The molecule has 3 heterocycles. The van der Waals surface area contributed by atoms with Gasteiger partial charge in [0.2, 0.25) is 0 Å². The monoisotopic (exact) mass is 685 g/mol. The van der Waals surface area contributed by atoms with Gasteiger partial charge in [0.25, 0.3) is 0 Å². The van der Waals surface area contributed by atoms with E-state index in [0.717, 1.165) is 39.5 Å². The van der Waals surface area contributed by atoms with Crippen LogP contribution in [0.4, 0.5) is 0 Å². The molecule has 0 unspecified atom stereocenters. The van der Waals surface area contributed by atoms with Gasteiger partial charge in [0.15, 0.2) is 0 Å². The molecule has 5 aromatic carbocycles. The predicted molar refractivity (Wildman–Crippen MR) is 220 cm³/mol. The van der Waals surface area contributed by atoms with Crippen molar-refractivity contribution in [2.45, 2.75) is 64.7 Å². The van der Waals surface area contributed by atoms with Gasteiger partial charge in [-0.2, -0.15) is 0 Å². The highest BCUT2D eigenvalue weighted by Gasteiger charge is 2.52. The van der Waals surface area contributed by atoms with E-state index in [1.165, 1.54) is 60.8 Å². The lowest BCUT2D eigenvalue weighted by Gasteiger charge is -2.31. The van der Waals surface area contributed by atoms with E-state index in [9.17, 15) is 0 Å². The van der Waals surface area contributed by atoms with Crippen molar-refractivity contribution in [3.63, 3.8) is 0 Å².